The predicted molar refractivity (Wildman–Crippen MR) is 68.8 cm³/mol. The number of nitrogens with one attached hydrogen (secondary N) is 2. The van der Waals surface area contributed by atoms with Crippen LogP contribution < -0.4 is 10.6 Å². The maximum absolute atomic E-state index is 13.3. The van der Waals surface area contributed by atoms with Crippen molar-refractivity contribution < 1.29 is 4.39 Å². The molecule has 0 bridgehead atoms. The second kappa shape index (κ2) is 5.98. The quantitative estimate of drug-likeness (QED) is 0.831. The SMILES string of the molecule is CN1CCNCC1CCNc1ccccc1F. The molecule has 0 spiro atoms. The lowest BCUT2D eigenvalue weighted by molar-refractivity contribution is 0.194. The lowest BCUT2D eigenvalue weighted by Gasteiger charge is -2.33. The van der Waals surface area contributed by atoms with E-state index in [0.29, 0.717) is 11.7 Å². The van der Waals surface area contributed by atoms with E-state index in [0.717, 1.165) is 32.6 Å². The van der Waals surface area contributed by atoms with E-state index in [9.17, 15) is 4.39 Å². The van der Waals surface area contributed by atoms with E-state index < -0.39 is 0 Å². The monoisotopic (exact) mass is 237 g/mol. The number of piperazine rings is 1. The number of para-hydroxylation sites is 1. The Morgan fingerprint density at radius 3 is 3.06 bits per heavy atom. The molecule has 1 aromatic rings. The normalized spacial score (nSPS) is 21.4. The van der Waals surface area contributed by atoms with Gasteiger partial charge < -0.3 is 15.5 Å². The zero-order chi connectivity index (χ0) is 12.1. The van der Waals surface area contributed by atoms with Crippen molar-refractivity contribution in [3.8, 4) is 0 Å². The van der Waals surface area contributed by atoms with E-state index in [1.165, 1.54) is 6.07 Å². The fourth-order valence-electron chi connectivity index (χ4n) is 2.16. The molecule has 1 aliphatic heterocycles. The van der Waals surface area contributed by atoms with E-state index in [1.807, 2.05) is 6.07 Å². The Bertz CT molecular complexity index is 356. The van der Waals surface area contributed by atoms with Gasteiger partial charge in [-0.2, -0.15) is 0 Å². The Kier molecular flexibility index (Phi) is 4.34. The highest BCUT2D eigenvalue weighted by atomic mass is 19.1. The molecule has 17 heavy (non-hydrogen) atoms. The van der Waals surface area contributed by atoms with E-state index >= 15 is 0 Å². The van der Waals surface area contributed by atoms with Crippen LogP contribution in [0, 0.1) is 5.82 Å². The van der Waals surface area contributed by atoms with Crippen LogP contribution in [0.5, 0.6) is 0 Å². The van der Waals surface area contributed by atoms with Gasteiger partial charge in [0.05, 0.1) is 5.69 Å². The largest absolute Gasteiger partial charge is 0.383 e. The second-order valence-electron chi connectivity index (χ2n) is 4.53. The van der Waals surface area contributed by atoms with Gasteiger partial charge in [0.2, 0.25) is 0 Å². The number of hydrogen-bond donors (Lipinski definition) is 2. The van der Waals surface area contributed by atoms with Gasteiger partial charge >= 0.3 is 0 Å². The van der Waals surface area contributed by atoms with Crippen molar-refractivity contribution in [3.63, 3.8) is 0 Å². The summed E-state index contributed by atoms with van der Waals surface area (Å²) < 4.78 is 13.3. The summed E-state index contributed by atoms with van der Waals surface area (Å²) in [5, 5.41) is 6.53. The minimum absolute atomic E-state index is 0.178. The number of anilines is 1. The summed E-state index contributed by atoms with van der Waals surface area (Å²) in [6.45, 7) is 3.98. The van der Waals surface area contributed by atoms with Crippen LogP contribution in [0.2, 0.25) is 0 Å². The molecular weight excluding hydrogens is 217 g/mol. The van der Waals surface area contributed by atoms with Crippen LogP contribution in [0.1, 0.15) is 6.42 Å². The smallest absolute Gasteiger partial charge is 0.146 e. The molecule has 4 heteroatoms. The molecule has 0 aliphatic carbocycles. The topological polar surface area (TPSA) is 27.3 Å². The van der Waals surface area contributed by atoms with Crippen molar-refractivity contribution in [3.05, 3.63) is 30.1 Å². The summed E-state index contributed by atoms with van der Waals surface area (Å²) in [5.41, 5.74) is 0.596. The van der Waals surface area contributed by atoms with E-state index in [2.05, 4.69) is 22.6 Å². The minimum atomic E-state index is -0.178. The molecule has 94 valence electrons. The number of nitrogens with zero attached hydrogens (tertiary/aromatic N) is 1. The third-order valence-corrected chi connectivity index (χ3v) is 3.31. The van der Waals surface area contributed by atoms with Crippen molar-refractivity contribution in [2.45, 2.75) is 12.5 Å². The molecule has 1 saturated heterocycles. The Balaban J connectivity index is 1.77. The third kappa shape index (κ3) is 3.41. The first kappa shape index (κ1) is 12.3. The summed E-state index contributed by atoms with van der Waals surface area (Å²) in [5.74, 6) is -0.178. The molecule has 1 atom stereocenters. The van der Waals surface area contributed by atoms with E-state index in [1.54, 1.807) is 12.1 Å². The standard InChI is InChI=1S/C13H20FN3/c1-17-9-8-15-10-11(17)6-7-16-13-5-3-2-4-12(13)14/h2-5,11,15-16H,6-10H2,1H3. The van der Waals surface area contributed by atoms with Gasteiger partial charge in [-0.3, -0.25) is 0 Å². The molecule has 3 nitrogen and oxygen atoms in total. The number of hydrogen-bond acceptors (Lipinski definition) is 3. The van der Waals surface area contributed by atoms with Gasteiger partial charge in [-0.05, 0) is 25.6 Å². The van der Waals surface area contributed by atoms with Crippen molar-refractivity contribution in [2.24, 2.45) is 0 Å². The fraction of sp³-hybridized carbons (Fsp3) is 0.538. The van der Waals surface area contributed by atoms with Crippen molar-refractivity contribution in [1.29, 1.82) is 0 Å². The van der Waals surface area contributed by atoms with E-state index in [-0.39, 0.29) is 5.82 Å². The number of benzene rings is 1. The number of likely N-dealkylation sites (N-methyl/N-ethyl adjacent to an activating group) is 1. The van der Waals surface area contributed by atoms with Crippen LogP contribution in [-0.4, -0.2) is 44.2 Å². The summed E-state index contributed by atoms with van der Waals surface area (Å²) in [6.07, 6.45) is 1.03. The molecule has 1 fully saturated rings. The first-order chi connectivity index (χ1) is 8.27. The van der Waals surface area contributed by atoms with Crippen LogP contribution in [0.25, 0.3) is 0 Å². The molecule has 1 aliphatic rings. The molecule has 0 amide bonds. The molecule has 2 N–H and O–H groups in total. The summed E-state index contributed by atoms with van der Waals surface area (Å²) in [6, 6.07) is 7.36. The molecule has 1 unspecified atom stereocenters. The number of rotatable bonds is 4. The van der Waals surface area contributed by atoms with Crippen LogP contribution in [0.15, 0.2) is 24.3 Å². The van der Waals surface area contributed by atoms with Crippen LogP contribution in [0.3, 0.4) is 0 Å². The Morgan fingerprint density at radius 2 is 2.29 bits per heavy atom. The lowest BCUT2D eigenvalue weighted by atomic mass is 10.1. The van der Waals surface area contributed by atoms with Gasteiger partial charge in [-0.15, -0.1) is 0 Å². The molecule has 0 saturated carbocycles. The zero-order valence-corrected chi connectivity index (χ0v) is 10.2. The highest BCUT2D eigenvalue weighted by molar-refractivity contribution is 5.44. The molecule has 1 heterocycles. The highest BCUT2D eigenvalue weighted by Crippen LogP contribution is 2.13. The van der Waals surface area contributed by atoms with Gasteiger partial charge in [-0.1, -0.05) is 12.1 Å². The Hall–Kier alpha value is -1.13. The first-order valence-electron chi connectivity index (χ1n) is 6.17. The molecular formula is C13H20FN3. The maximum atomic E-state index is 13.3. The number of halogens is 1. The first-order valence-corrected chi connectivity index (χ1v) is 6.17. The second-order valence-corrected chi connectivity index (χ2v) is 4.53. The summed E-state index contributed by atoms with van der Waals surface area (Å²) in [4.78, 5) is 2.36. The van der Waals surface area contributed by atoms with Gasteiger partial charge in [-0.25, -0.2) is 4.39 Å². The molecule has 2 rings (SSSR count). The third-order valence-electron chi connectivity index (χ3n) is 3.31. The Labute approximate surface area is 102 Å². The Morgan fingerprint density at radius 1 is 1.47 bits per heavy atom. The van der Waals surface area contributed by atoms with Gasteiger partial charge in [0.1, 0.15) is 5.82 Å². The maximum Gasteiger partial charge on any atom is 0.146 e. The van der Waals surface area contributed by atoms with Gasteiger partial charge in [0.25, 0.3) is 0 Å². The molecule has 1 aromatic carbocycles. The summed E-state index contributed by atoms with van der Waals surface area (Å²) >= 11 is 0. The average Bonchev–Trinajstić information content (AvgIpc) is 2.34. The fourth-order valence-corrected chi connectivity index (χ4v) is 2.16. The van der Waals surface area contributed by atoms with Crippen LogP contribution in [-0.2, 0) is 0 Å². The van der Waals surface area contributed by atoms with Crippen LogP contribution >= 0.6 is 0 Å². The predicted octanol–water partition coefficient (Wildman–Crippen LogP) is 1.53. The highest BCUT2D eigenvalue weighted by Gasteiger charge is 2.17. The minimum Gasteiger partial charge on any atom is -0.383 e. The van der Waals surface area contributed by atoms with Gasteiger partial charge in [0.15, 0.2) is 0 Å². The van der Waals surface area contributed by atoms with Crippen molar-refractivity contribution >= 4 is 5.69 Å². The lowest BCUT2D eigenvalue weighted by Crippen LogP contribution is -2.49. The van der Waals surface area contributed by atoms with Crippen LogP contribution in [0.4, 0.5) is 10.1 Å². The van der Waals surface area contributed by atoms with Crippen molar-refractivity contribution in [1.82, 2.24) is 10.2 Å². The summed E-state index contributed by atoms with van der Waals surface area (Å²) in [7, 11) is 2.15. The van der Waals surface area contributed by atoms with E-state index in [4.69, 9.17) is 0 Å². The molecule has 0 aromatic heterocycles. The molecule has 0 radical (unpaired) electrons. The van der Waals surface area contributed by atoms with Gasteiger partial charge in [0, 0.05) is 32.2 Å². The average molecular weight is 237 g/mol. The van der Waals surface area contributed by atoms with Crippen molar-refractivity contribution in [2.75, 3.05) is 38.5 Å². The zero-order valence-electron chi connectivity index (χ0n) is 10.2.